The average Bonchev–Trinajstić information content (AvgIpc) is 3.20. The van der Waals surface area contributed by atoms with Crippen molar-refractivity contribution in [1.82, 2.24) is 9.88 Å². The summed E-state index contributed by atoms with van der Waals surface area (Å²) in [5, 5.41) is 13.3. The van der Waals surface area contributed by atoms with Crippen LogP contribution in [-0.4, -0.2) is 35.4 Å². The van der Waals surface area contributed by atoms with Crippen LogP contribution in [0.25, 0.3) is 0 Å². The molecule has 1 atom stereocenters. The van der Waals surface area contributed by atoms with Crippen molar-refractivity contribution in [2.24, 2.45) is 0 Å². The fourth-order valence-electron chi connectivity index (χ4n) is 4.25. The van der Waals surface area contributed by atoms with Crippen LogP contribution in [0.15, 0.2) is 48.8 Å². The number of anilines is 1. The number of carbonyl (C=O) groups excluding carboxylic acids is 2. The molecular weight excluding hydrogens is 448 g/mol. The van der Waals surface area contributed by atoms with Crippen LogP contribution in [0.5, 0.6) is 5.75 Å². The fraction of sp³-hybridized carbons (Fsp3) is 0.308. The molecule has 0 aliphatic carbocycles. The monoisotopic (exact) mass is 474 g/mol. The largest absolute Gasteiger partial charge is 0.496 e. The Morgan fingerprint density at radius 3 is 2.76 bits per heavy atom. The Kier molecular flexibility index (Phi) is 7.24. The minimum Gasteiger partial charge on any atom is -0.496 e. The molecule has 174 valence electrons. The van der Waals surface area contributed by atoms with Gasteiger partial charge in [-0.25, -0.2) is 0 Å². The molecule has 8 heteroatoms. The van der Waals surface area contributed by atoms with Gasteiger partial charge in [0.05, 0.1) is 25.6 Å². The normalized spacial score (nSPS) is 13.5. The number of hydrogen-bond donors (Lipinski definition) is 1. The lowest BCUT2D eigenvalue weighted by Gasteiger charge is -2.27. The Morgan fingerprint density at radius 1 is 1.26 bits per heavy atom. The lowest BCUT2D eigenvalue weighted by Crippen LogP contribution is -2.36. The molecular formula is C26H26N4O3S. The summed E-state index contributed by atoms with van der Waals surface area (Å²) in [5.74, 6) is 0.597. The molecule has 0 unspecified atom stereocenters. The van der Waals surface area contributed by atoms with E-state index in [9.17, 15) is 14.9 Å². The number of aromatic nitrogens is 1. The quantitative estimate of drug-likeness (QED) is 0.551. The van der Waals surface area contributed by atoms with Crippen LogP contribution in [0, 0.1) is 11.3 Å². The first-order chi connectivity index (χ1) is 16.5. The lowest BCUT2D eigenvalue weighted by atomic mass is 9.96. The van der Waals surface area contributed by atoms with Crippen molar-refractivity contribution < 1.29 is 14.3 Å². The first-order valence-corrected chi connectivity index (χ1v) is 12.0. The zero-order valence-corrected chi connectivity index (χ0v) is 20.0. The number of ether oxygens (including phenoxy) is 1. The smallest absolute Gasteiger partial charge is 0.227 e. The average molecular weight is 475 g/mol. The van der Waals surface area contributed by atoms with E-state index in [0.29, 0.717) is 36.5 Å². The van der Waals surface area contributed by atoms with E-state index in [4.69, 9.17) is 4.74 Å². The Hall–Kier alpha value is -3.70. The summed E-state index contributed by atoms with van der Waals surface area (Å²) in [6.45, 7) is 2.99. The molecule has 34 heavy (non-hydrogen) atoms. The predicted molar refractivity (Wildman–Crippen MR) is 131 cm³/mol. The molecule has 0 fully saturated rings. The van der Waals surface area contributed by atoms with Gasteiger partial charge in [-0.2, -0.15) is 5.26 Å². The second-order valence-corrected chi connectivity index (χ2v) is 9.42. The molecule has 2 aromatic heterocycles. The Bertz CT molecular complexity index is 1230. The summed E-state index contributed by atoms with van der Waals surface area (Å²) < 4.78 is 5.42. The number of benzene rings is 1. The number of rotatable bonds is 7. The second kappa shape index (κ2) is 10.5. The van der Waals surface area contributed by atoms with Gasteiger partial charge in [0.15, 0.2) is 0 Å². The Morgan fingerprint density at radius 2 is 2.03 bits per heavy atom. The van der Waals surface area contributed by atoms with Crippen molar-refractivity contribution in [2.45, 2.75) is 38.6 Å². The van der Waals surface area contributed by atoms with Crippen molar-refractivity contribution in [2.75, 3.05) is 19.0 Å². The van der Waals surface area contributed by atoms with Crippen molar-refractivity contribution in [3.63, 3.8) is 0 Å². The number of methoxy groups -OCH3 is 1. The molecule has 0 radical (unpaired) electrons. The first-order valence-electron chi connectivity index (χ1n) is 11.1. The zero-order chi connectivity index (χ0) is 24.1. The van der Waals surface area contributed by atoms with Gasteiger partial charge in [-0.3, -0.25) is 14.6 Å². The number of carbonyl (C=O) groups is 2. The van der Waals surface area contributed by atoms with Crippen LogP contribution in [0.3, 0.4) is 0 Å². The summed E-state index contributed by atoms with van der Waals surface area (Å²) in [7, 11) is 1.62. The van der Waals surface area contributed by atoms with E-state index >= 15 is 0 Å². The van der Waals surface area contributed by atoms with E-state index < -0.39 is 0 Å². The molecule has 1 aromatic carbocycles. The molecule has 3 heterocycles. The third-order valence-electron chi connectivity index (χ3n) is 6.04. The minimum absolute atomic E-state index is 0.0416. The standard InChI is InChI=1S/C26H26N4O3S/c1-17(19-5-3-4-6-22(19)33-2)13-24(31)29-26-21(15-27)20-9-12-30(16-23(20)34-26)25(32)14-18-7-10-28-11-8-18/h3-8,10-11,17H,9,12-14,16H2,1-2H3,(H,29,31)/t17-/m0/s1. The molecule has 2 amide bonds. The van der Waals surface area contributed by atoms with Gasteiger partial charge >= 0.3 is 0 Å². The molecule has 1 N–H and O–H groups in total. The van der Waals surface area contributed by atoms with Crippen LogP contribution >= 0.6 is 11.3 Å². The fourth-order valence-corrected chi connectivity index (χ4v) is 5.48. The molecule has 3 aromatic rings. The van der Waals surface area contributed by atoms with Gasteiger partial charge in [0.2, 0.25) is 11.8 Å². The topological polar surface area (TPSA) is 95.3 Å². The summed E-state index contributed by atoms with van der Waals surface area (Å²) >= 11 is 1.39. The van der Waals surface area contributed by atoms with E-state index in [0.717, 1.165) is 27.3 Å². The number of amides is 2. The Balaban J connectivity index is 1.44. The minimum atomic E-state index is -0.154. The number of nitrogens with one attached hydrogen (secondary N) is 1. The van der Waals surface area contributed by atoms with E-state index in [2.05, 4.69) is 16.4 Å². The van der Waals surface area contributed by atoms with E-state index in [1.807, 2.05) is 48.2 Å². The third-order valence-corrected chi connectivity index (χ3v) is 7.17. The highest BCUT2D eigenvalue weighted by Crippen LogP contribution is 2.37. The summed E-state index contributed by atoms with van der Waals surface area (Å²) in [6, 6.07) is 13.6. The van der Waals surface area contributed by atoms with Crippen molar-refractivity contribution in [1.29, 1.82) is 5.26 Å². The maximum atomic E-state index is 12.8. The van der Waals surface area contributed by atoms with Crippen molar-refractivity contribution in [3.8, 4) is 11.8 Å². The SMILES string of the molecule is COc1ccccc1[C@@H](C)CC(=O)Nc1sc2c(c1C#N)CCN(C(=O)Cc1ccncc1)C2. The van der Waals surface area contributed by atoms with Gasteiger partial charge < -0.3 is 15.0 Å². The number of para-hydroxylation sites is 1. The Labute approximate surface area is 203 Å². The molecule has 0 saturated heterocycles. The highest BCUT2D eigenvalue weighted by atomic mass is 32.1. The maximum absolute atomic E-state index is 12.8. The predicted octanol–water partition coefficient (Wildman–Crippen LogP) is 4.28. The molecule has 1 aliphatic heterocycles. The van der Waals surface area contributed by atoms with Crippen molar-refractivity contribution >= 4 is 28.2 Å². The van der Waals surface area contributed by atoms with Gasteiger partial charge in [-0.1, -0.05) is 25.1 Å². The highest BCUT2D eigenvalue weighted by molar-refractivity contribution is 7.16. The van der Waals surface area contributed by atoms with Crippen LogP contribution in [-0.2, 0) is 29.0 Å². The number of thiophene rings is 1. The number of nitrogens with zero attached hydrogens (tertiary/aromatic N) is 3. The maximum Gasteiger partial charge on any atom is 0.227 e. The molecule has 7 nitrogen and oxygen atoms in total. The second-order valence-electron chi connectivity index (χ2n) is 8.31. The molecule has 0 bridgehead atoms. The van der Waals surface area contributed by atoms with Gasteiger partial charge in [0.1, 0.15) is 16.8 Å². The van der Waals surface area contributed by atoms with Crippen LogP contribution in [0.4, 0.5) is 5.00 Å². The summed E-state index contributed by atoms with van der Waals surface area (Å²) in [4.78, 5) is 32.4. The number of hydrogen-bond acceptors (Lipinski definition) is 6. The number of fused-ring (bicyclic) bond motifs is 1. The van der Waals surface area contributed by atoms with E-state index in [-0.39, 0.29) is 24.2 Å². The van der Waals surface area contributed by atoms with Gasteiger partial charge in [-0.15, -0.1) is 11.3 Å². The third kappa shape index (κ3) is 5.10. The van der Waals surface area contributed by atoms with Gasteiger partial charge in [-0.05, 0) is 47.2 Å². The molecule has 1 aliphatic rings. The van der Waals surface area contributed by atoms with Crippen molar-refractivity contribution in [3.05, 3.63) is 75.9 Å². The lowest BCUT2D eigenvalue weighted by molar-refractivity contribution is -0.131. The molecule has 0 spiro atoms. The van der Waals surface area contributed by atoms with E-state index in [1.165, 1.54) is 11.3 Å². The number of nitriles is 1. The van der Waals surface area contributed by atoms with Crippen LogP contribution < -0.4 is 10.1 Å². The first kappa shape index (κ1) is 23.5. The highest BCUT2D eigenvalue weighted by Gasteiger charge is 2.28. The molecule has 4 rings (SSSR count). The summed E-state index contributed by atoms with van der Waals surface area (Å²) in [5.41, 5.74) is 3.34. The van der Waals surface area contributed by atoms with Gasteiger partial charge in [0, 0.05) is 30.2 Å². The van der Waals surface area contributed by atoms with Gasteiger partial charge in [0.25, 0.3) is 0 Å². The van der Waals surface area contributed by atoms with Crippen LogP contribution in [0.2, 0.25) is 0 Å². The van der Waals surface area contributed by atoms with Crippen LogP contribution in [0.1, 0.15) is 46.4 Å². The molecule has 0 saturated carbocycles. The van der Waals surface area contributed by atoms with E-state index in [1.54, 1.807) is 19.5 Å². The number of pyridine rings is 1. The summed E-state index contributed by atoms with van der Waals surface area (Å²) in [6.07, 6.45) is 4.55. The zero-order valence-electron chi connectivity index (χ0n) is 19.2.